The van der Waals surface area contributed by atoms with Crippen molar-refractivity contribution in [1.82, 2.24) is 4.90 Å². The molecular weight excluding hydrogens is 106 g/mol. The highest BCUT2D eigenvalue weighted by Gasteiger charge is 2.29. The summed E-state index contributed by atoms with van der Waals surface area (Å²) in [5.74, 6) is -0.908. The van der Waals surface area contributed by atoms with Crippen LogP contribution in [0.2, 0.25) is 0 Å². The van der Waals surface area contributed by atoms with Gasteiger partial charge in [0.15, 0.2) is 5.79 Å². The molecule has 1 fully saturated rings. The molecule has 3 nitrogen and oxygen atoms in total. The SMILES string of the molecule is CN1COC(C)(O)C1. The van der Waals surface area contributed by atoms with E-state index in [2.05, 4.69) is 0 Å². The quantitative estimate of drug-likeness (QED) is 0.469. The van der Waals surface area contributed by atoms with Gasteiger partial charge in [-0.2, -0.15) is 0 Å². The van der Waals surface area contributed by atoms with Crippen molar-refractivity contribution >= 4 is 0 Å². The molecule has 0 aliphatic carbocycles. The Morgan fingerprint density at radius 2 is 2.38 bits per heavy atom. The molecule has 0 radical (unpaired) electrons. The van der Waals surface area contributed by atoms with Crippen LogP contribution < -0.4 is 0 Å². The van der Waals surface area contributed by atoms with E-state index in [1.165, 1.54) is 0 Å². The van der Waals surface area contributed by atoms with Crippen molar-refractivity contribution in [3.8, 4) is 0 Å². The van der Waals surface area contributed by atoms with E-state index >= 15 is 0 Å². The largest absolute Gasteiger partial charge is 0.365 e. The van der Waals surface area contributed by atoms with Crippen molar-refractivity contribution in [3.05, 3.63) is 0 Å². The number of hydrogen-bond donors (Lipinski definition) is 1. The lowest BCUT2D eigenvalue weighted by atomic mass is 10.3. The fourth-order valence-corrected chi connectivity index (χ4v) is 0.841. The molecule has 0 aromatic rings. The molecule has 1 unspecified atom stereocenters. The molecule has 1 saturated heterocycles. The van der Waals surface area contributed by atoms with Crippen LogP contribution in [0.15, 0.2) is 0 Å². The van der Waals surface area contributed by atoms with E-state index in [9.17, 15) is 0 Å². The lowest BCUT2D eigenvalue weighted by molar-refractivity contribution is -0.147. The monoisotopic (exact) mass is 117 g/mol. The second kappa shape index (κ2) is 1.69. The molecule has 0 bridgehead atoms. The van der Waals surface area contributed by atoms with E-state index in [1.807, 2.05) is 11.9 Å². The maximum atomic E-state index is 9.10. The van der Waals surface area contributed by atoms with Gasteiger partial charge in [-0.1, -0.05) is 0 Å². The summed E-state index contributed by atoms with van der Waals surface area (Å²) in [5, 5.41) is 9.10. The maximum absolute atomic E-state index is 9.10. The first-order chi connectivity index (χ1) is 3.60. The van der Waals surface area contributed by atoms with Gasteiger partial charge in [-0.05, 0) is 14.0 Å². The summed E-state index contributed by atoms with van der Waals surface area (Å²) >= 11 is 0. The predicted octanol–water partition coefficient (Wildman–Crippen LogP) is -0.386. The first-order valence-electron chi connectivity index (χ1n) is 2.65. The van der Waals surface area contributed by atoms with Gasteiger partial charge in [0.05, 0.1) is 6.54 Å². The Bertz CT molecular complexity index is 92.4. The van der Waals surface area contributed by atoms with Crippen LogP contribution in [0.3, 0.4) is 0 Å². The highest BCUT2D eigenvalue weighted by Crippen LogP contribution is 2.13. The summed E-state index contributed by atoms with van der Waals surface area (Å²) in [6.45, 7) is 2.80. The first-order valence-corrected chi connectivity index (χ1v) is 2.65. The van der Waals surface area contributed by atoms with Crippen molar-refractivity contribution in [2.75, 3.05) is 20.3 Å². The Balaban J connectivity index is 2.44. The number of aliphatic hydroxyl groups is 1. The van der Waals surface area contributed by atoms with Gasteiger partial charge < -0.3 is 9.84 Å². The molecule has 8 heavy (non-hydrogen) atoms. The van der Waals surface area contributed by atoms with Gasteiger partial charge in [-0.3, -0.25) is 4.90 Å². The average molecular weight is 117 g/mol. The standard InChI is InChI=1S/C5H11NO2/c1-5(7)3-6(2)4-8-5/h7H,3-4H2,1-2H3. The normalized spacial score (nSPS) is 40.9. The minimum atomic E-state index is -0.908. The molecular formula is C5H11NO2. The second-order valence-corrected chi connectivity index (χ2v) is 2.46. The minimum absolute atomic E-state index is 0.535. The first kappa shape index (κ1) is 6.01. The van der Waals surface area contributed by atoms with Gasteiger partial charge in [0.25, 0.3) is 0 Å². The van der Waals surface area contributed by atoms with E-state index in [4.69, 9.17) is 9.84 Å². The van der Waals surface area contributed by atoms with Crippen molar-refractivity contribution in [1.29, 1.82) is 0 Å². The van der Waals surface area contributed by atoms with E-state index in [-0.39, 0.29) is 0 Å². The summed E-state index contributed by atoms with van der Waals surface area (Å²) in [7, 11) is 1.90. The van der Waals surface area contributed by atoms with Crippen LogP contribution in [0, 0.1) is 0 Å². The molecule has 1 rings (SSSR count). The number of ether oxygens (including phenoxy) is 1. The number of hydrogen-bond acceptors (Lipinski definition) is 3. The molecule has 0 spiro atoms. The third-order valence-corrected chi connectivity index (χ3v) is 1.16. The van der Waals surface area contributed by atoms with Crippen LogP contribution in [0.25, 0.3) is 0 Å². The van der Waals surface area contributed by atoms with Crippen molar-refractivity contribution in [3.63, 3.8) is 0 Å². The number of β-amino-alcohol motifs (C(OH)–C–C–N with tert-alkyl or cyclic N) is 1. The fraction of sp³-hybridized carbons (Fsp3) is 1.00. The third kappa shape index (κ3) is 1.18. The number of nitrogens with zero attached hydrogens (tertiary/aromatic N) is 1. The van der Waals surface area contributed by atoms with Crippen molar-refractivity contribution in [2.45, 2.75) is 12.7 Å². The zero-order valence-corrected chi connectivity index (χ0v) is 5.22. The molecule has 1 heterocycles. The Labute approximate surface area is 48.9 Å². The summed E-state index contributed by atoms with van der Waals surface area (Å²) in [6, 6.07) is 0. The molecule has 0 saturated carbocycles. The van der Waals surface area contributed by atoms with Gasteiger partial charge in [-0.15, -0.1) is 0 Å². The molecule has 1 N–H and O–H groups in total. The van der Waals surface area contributed by atoms with Gasteiger partial charge in [0, 0.05) is 0 Å². The molecule has 0 amide bonds. The second-order valence-electron chi connectivity index (χ2n) is 2.46. The Kier molecular flexibility index (Phi) is 1.27. The lowest BCUT2D eigenvalue weighted by Crippen LogP contribution is -2.28. The zero-order valence-electron chi connectivity index (χ0n) is 5.22. The molecule has 3 heteroatoms. The highest BCUT2D eigenvalue weighted by atomic mass is 16.6. The van der Waals surface area contributed by atoms with Crippen LogP contribution in [0.5, 0.6) is 0 Å². The smallest absolute Gasteiger partial charge is 0.177 e. The molecule has 0 aromatic carbocycles. The van der Waals surface area contributed by atoms with Crippen molar-refractivity contribution in [2.24, 2.45) is 0 Å². The number of rotatable bonds is 0. The van der Waals surface area contributed by atoms with Gasteiger partial charge in [0.2, 0.25) is 0 Å². The topological polar surface area (TPSA) is 32.7 Å². The average Bonchev–Trinajstić information content (AvgIpc) is 1.82. The molecule has 1 atom stereocenters. The van der Waals surface area contributed by atoms with Crippen LogP contribution in [0.4, 0.5) is 0 Å². The van der Waals surface area contributed by atoms with Crippen molar-refractivity contribution < 1.29 is 9.84 Å². The fourth-order valence-electron chi connectivity index (χ4n) is 0.841. The summed E-state index contributed by atoms with van der Waals surface area (Å²) in [6.07, 6.45) is 0. The highest BCUT2D eigenvalue weighted by molar-refractivity contribution is 4.69. The van der Waals surface area contributed by atoms with Gasteiger partial charge in [-0.25, -0.2) is 0 Å². The maximum Gasteiger partial charge on any atom is 0.177 e. The van der Waals surface area contributed by atoms with E-state index in [1.54, 1.807) is 6.92 Å². The Morgan fingerprint density at radius 3 is 2.50 bits per heavy atom. The van der Waals surface area contributed by atoms with Crippen LogP contribution in [0.1, 0.15) is 6.92 Å². The summed E-state index contributed by atoms with van der Waals surface area (Å²) < 4.78 is 4.93. The summed E-state index contributed by atoms with van der Waals surface area (Å²) in [5.41, 5.74) is 0. The molecule has 0 aromatic heterocycles. The molecule has 48 valence electrons. The van der Waals surface area contributed by atoms with Gasteiger partial charge >= 0.3 is 0 Å². The minimum Gasteiger partial charge on any atom is -0.365 e. The number of likely N-dealkylation sites (N-methyl/N-ethyl adjacent to an activating group) is 1. The Hall–Kier alpha value is -0.120. The lowest BCUT2D eigenvalue weighted by Gasteiger charge is -2.12. The molecule has 1 aliphatic heterocycles. The van der Waals surface area contributed by atoms with Crippen LogP contribution in [-0.2, 0) is 4.74 Å². The third-order valence-electron chi connectivity index (χ3n) is 1.16. The zero-order chi connectivity index (χ0) is 6.20. The summed E-state index contributed by atoms with van der Waals surface area (Å²) in [4.78, 5) is 1.92. The Morgan fingerprint density at radius 1 is 1.75 bits per heavy atom. The van der Waals surface area contributed by atoms with Crippen LogP contribution in [-0.4, -0.2) is 36.1 Å². The van der Waals surface area contributed by atoms with E-state index in [0.29, 0.717) is 13.3 Å². The van der Waals surface area contributed by atoms with E-state index < -0.39 is 5.79 Å². The van der Waals surface area contributed by atoms with Crippen LogP contribution >= 0.6 is 0 Å². The van der Waals surface area contributed by atoms with Gasteiger partial charge in [0.1, 0.15) is 6.73 Å². The predicted molar refractivity (Wildman–Crippen MR) is 29.2 cm³/mol. The molecule has 1 aliphatic rings. The van der Waals surface area contributed by atoms with E-state index in [0.717, 1.165) is 0 Å².